The molecule has 0 radical (unpaired) electrons. The van der Waals surface area contributed by atoms with Gasteiger partial charge in [0.05, 0.1) is 0 Å². The summed E-state index contributed by atoms with van der Waals surface area (Å²) in [5.41, 5.74) is 1.26. The van der Waals surface area contributed by atoms with Crippen LogP contribution in [0.3, 0.4) is 0 Å². The van der Waals surface area contributed by atoms with Crippen LogP contribution in [0, 0.1) is 11.7 Å². The Morgan fingerprint density at radius 3 is 2.89 bits per heavy atom. The van der Waals surface area contributed by atoms with Crippen LogP contribution in [0.5, 0.6) is 0 Å². The molecular formula is C15H20FNO. The molecule has 0 amide bonds. The van der Waals surface area contributed by atoms with Gasteiger partial charge in [0.1, 0.15) is 12.1 Å². The second-order valence-electron chi connectivity index (χ2n) is 5.05. The molecule has 98 valence electrons. The maximum Gasteiger partial charge on any atom is 0.150 e. The number of nitrogens with zero attached hydrogens (tertiary/aromatic N) is 1. The number of halogens is 1. The molecule has 2 nitrogen and oxygen atoms in total. The molecule has 18 heavy (non-hydrogen) atoms. The fraction of sp³-hybridized carbons (Fsp3) is 0.533. The van der Waals surface area contributed by atoms with Crippen molar-refractivity contribution in [2.24, 2.45) is 5.92 Å². The summed E-state index contributed by atoms with van der Waals surface area (Å²) in [5, 5.41) is 0. The van der Waals surface area contributed by atoms with Gasteiger partial charge in [0.2, 0.25) is 0 Å². The molecule has 0 spiro atoms. The second kappa shape index (κ2) is 5.98. The minimum atomic E-state index is -0.328. The van der Waals surface area contributed by atoms with E-state index < -0.39 is 0 Å². The predicted octanol–water partition coefficient (Wildman–Crippen LogP) is 3.65. The second-order valence-corrected chi connectivity index (χ2v) is 5.05. The molecule has 1 aliphatic heterocycles. The standard InChI is InChI=1S/C15H20FNO/c1-2-12-4-3-6-17(7-5-12)15-9-13(11-18)8-14(16)10-15/h8-12H,2-7H2,1H3. The van der Waals surface area contributed by atoms with E-state index in [1.165, 1.54) is 25.0 Å². The summed E-state index contributed by atoms with van der Waals surface area (Å²) in [6.45, 7) is 4.14. The van der Waals surface area contributed by atoms with E-state index in [0.717, 1.165) is 37.5 Å². The Morgan fingerprint density at radius 2 is 2.17 bits per heavy atom. The summed E-state index contributed by atoms with van der Waals surface area (Å²) in [6, 6.07) is 4.59. The zero-order chi connectivity index (χ0) is 13.0. The largest absolute Gasteiger partial charge is 0.371 e. The van der Waals surface area contributed by atoms with Crippen molar-refractivity contribution in [2.75, 3.05) is 18.0 Å². The highest BCUT2D eigenvalue weighted by Crippen LogP contribution is 2.25. The third kappa shape index (κ3) is 3.09. The molecule has 1 unspecified atom stereocenters. The van der Waals surface area contributed by atoms with Crippen LogP contribution < -0.4 is 4.90 Å². The lowest BCUT2D eigenvalue weighted by Gasteiger charge is -2.23. The Kier molecular flexibility index (Phi) is 4.34. The highest BCUT2D eigenvalue weighted by Gasteiger charge is 2.16. The van der Waals surface area contributed by atoms with E-state index in [4.69, 9.17) is 0 Å². The highest BCUT2D eigenvalue weighted by atomic mass is 19.1. The fourth-order valence-corrected chi connectivity index (χ4v) is 2.68. The number of anilines is 1. The molecular weight excluding hydrogens is 229 g/mol. The summed E-state index contributed by atoms with van der Waals surface area (Å²) in [7, 11) is 0. The van der Waals surface area contributed by atoms with Gasteiger partial charge in [0.15, 0.2) is 0 Å². The maximum absolute atomic E-state index is 13.4. The van der Waals surface area contributed by atoms with Gasteiger partial charge in [-0.15, -0.1) is 0 Å². The number of benzene rings is 1. The van der Waals surface area contributed by atoms with E-state index in [1.54, 1.807) is 6.07 Å². The first-order valence-electron chi connectivity index (χ1n) is 6.73. The van der Waals surface area contributed by atoms with Crippen molar-refractivity contribution in [3.8, 4) is 0 Å². The first-order valence-corrected chi connectivity index (χ1v) is 6.73. The molecule has 1 aromatic carbocycles. The van der Waals surface area contributed by atoms with Crippen LogP contribution in [0.25, 0.3) is 0 Å². The summed E-state index contributed by atoms with van der Waals surface area (Å²) < 4.78 is 13.4. The predicted molar refractivity (Wildman–Crippen MR) is 71.6 cm³/mol. The molecule has 3 heteroatoms. The topological polar surface area (TPSA) is 20.3 Å². The van der Waals surface area contributed by atoms with Crippen LogP contribution in [-0.4, -0.2) is 19.4 Å². The first-order chi connectivity index (χ1) is 8.72. The summed E-state index contributed by atoms with van der Waals surface area (Å²) in [6.07, 6.45) is 5.48. The number of carbonyl (C=O) groups excluding carboxylic acids is 1. The minimum Gasteiger partial charge on any atom is -0.371 e. The van der Waals surface area contributed by atoms with Gasteiger partial charge in [0.25, 0.3) is 0 Å². The zero-order valence-corrected chi connectivity index (χ0v) is 10.9. The van der Waals surface area contributed by atoms with Crippen molar-refractivity contribution >= 4 is 12.0 Å². The SMILES string of the molecule is CCC1CCCN(c2cc(F)cc(C=O)c2)CC1. The smallest absolute Gasteiger partial charge is 0.150 e. The maximum atomic E-state index is 13.4. The van der Waals surface area contributed by atoms with Crippen molar-refractivity contribution < 1.29 is 9.18 Å². The first kappa shape index (κ1) is 13.1. The van der Waals surface area contributed by atoms with Crippen LogP contribution in [0.1, 0.15) is 43.0 Å². The molecule has 0 aromatic heterocycles. The van der Waals surface area contributed by atoms with Gasteiger partial charge >= 0.3 is 0 Å². The molecule has 1 heterocycles. The van der Waals surface area contributed by atoms with Crippen molar-refractivity contribution in [3.05, 3.63) is 29.6 Å². The molecule has 1 aromatic rings. The quantitative estimate of drug-likeness (QED) is 0.762. The van der Waals surface area contributed by atoms with Gasteiger partial charge in [-0.05, 0) is 43.4 Å². The van der Waals surface area contributed by atoms with Crippen LogP contribution in [0.15, 0.2) is 18.2 Å². The molecule has 0 saturated carbocycles. The lowest BCUT2D eigenvalue weighted by atomic mass is 9.98. The van der Waals surface area contributed by atoms with E-state index >= 15 is 0 Å². The van der Waals surface area contributed by atoms with Crippen molar-refractivity contribution in [1.29, 1.82) is 0 Å². The van der Waals surface area contributed by atoms with Crippen molar-refractivity contribution in [1.82, 2.24) is 0 Å². The molecule has 1 fully saturated rings. The van der Waals surface area contributed by atoms with Crippen molar-refractivity contribution in [3.63, 3.8) is 0 Å². The van der Waals surface area contributed by atoms with Crippen LogP contribution in [0.2, 0.25) is 0 Å². The van der Waals surface area contributed by atoms with Gasteiger partial charge in [-0.3, -0.25) is 4.79 Å². The molecule has 0 bridgehead atoms. The minimum absolute atomic E-state index is 0.328. The number of carbonyl (C=O) groups is 1. The number of hydrogen-bond acceptors (Lipinski definition) is 2. The zero-order valence-electron chi connectivity index (χ0n) is 10.9. The fourth-order valence-electron chi connectivity index (χ4n) is 2.68. The van der Waals surface area contributed by atoms with Gasteiger partial charge < -0.3 is 4.90 Å². The van der Waals surface area contributed by atoms with Crippen LogP contribution in [0.4, 0.5) is 10.1 Å². The van der Waals surface area contributed by atoms with Crippen LogP contribution in [-0.2, 0) is 0 Å². The van der Waals surface area contributed by atoms with E-state index in [-0.39, 0.29) is 5.82 Å². The van der Waals surface area contributed by atoms with E-state index in [0.29, 0.717) is 11.8 Å². The lowest BCUT2D eigenvalue weighted by Crippen LogP contribution is -2.24. The summed E-state index contributed by atoms with van der Waals surface area (Å²) >= 11 is 0. The molecule has 1 atom stereocenters. The van der Waals surface area contributed by atoms with Crippen molar-refractivity contribution in [2.45, 2.75) is 32.6 Å². The Balaban J connectivity index is 2.15. The van der Waals surface area contributed by atoms with E-state index in [9.17, 15) is 9.18 Å². The third-order valence-electron chi connectivity index (χ3n) is 3.83. The molecule has 0 aliphatic carbocycles. The van der Waals surface area contributed by atoms with Gasteiger partial charge in [-0.1, -0.05) is 13.3 Å². The van der Waals surface area contributed by atoms with E-state index in [1.807, 2.05) is 0 Å². The lowest BCUT2D eigenvalue weighted by molar-refractivity contribution is 0.112. The number of aldehydes is 1. The number of hydrogen-bond donors (Lipinski definition) is 0. The molecule has 2 rings (SSSR count). The summed E-state index contributed by atoms with van der Waals surface area (Å²) in [4.78, 5) is 13.0. The molecule has 1 saturated heterocycles. The molecule has 1 aliphatic rings. The average Bonchev–Trinajstić information content (AvgIpc) is 2.63. The number of rotatable bonds is 3. The average molecular weight is 249 g/mol. The van der Waals surface area contributed by atoms with E-state index in [2.05, 4.69) is 11.8 Å². The van der Waals surface area contributed by atoms with Gasteiger partial charge in [-0.25, -0.2) is 4.39 Å². The highest BCUT2D eigenvalue weighted by molar-refractivity contribution is 5.77. The Morgan fingerprint density at radius 1 is 1.33 bits per heavy atom. The van der Waals surface area contributed by atoms with Gasteiger partial charge in [0, 0.05) is 24.3 Å². The monoisotopic (exact) mass is 249 g/mol. The Bertz CT molecular complexity index is 419. The Labute approximate surface area is 108 Å². The third-order valence-corrected chi connectivity index (χ3v) is 3.83. The van der Waals surface area contributed by atoms with Crippen LogP contribution >= 0.6 is 0 Å². The Hall–Kier alpha value is -1.38. The van der Waals surface area contributed by atoms with Gasteiger partial charge in [-0.2, -0.15) is 0 Å². The summed E-state index contributed by atoms with van der Waals surface area (Å²) in [5.74, 6) is 0.458. The normalized spacial score (nSPS) is 20.6. The molecule has 0 N–H and O–H groups in total.